The summed E-state index contributed by atoms with van der Waals surface area (Å²) < 4.78 is 35.3. The molecule has 0 nitrogen and oxygen atoms in total. The van der Waals surface area contributed by atoms with Crippen LogP contribution in [0.2, 0.25) is 0 Å². The van der Waals surface area contributed by atoms with E-state index in [9.17, 15) is 13.2 Å². The Kier molecular flexibility index (Phi) is 6.09. The number of hydrogen-bond donors (Lipinski definition) is 0. The first-order valence-electron chi connectivity index (χ1n) is 2.91. The molecule has 0 fully saturated rings. The monoisotopic (exact) mass is 336 g/mol. The van der Waals surface area contributed by atoms with Gasteiger partial charge in [-0.15, -0.1) is 0 Å². The van der Waals surface area contributed by atoms with Crippen LogP contribution in [0, 0.1) is 6.07 Å². The van der Waals surface area contributed by atoms with Crippen molar-refractivity contribution >= 4 is 19.8 Å². The molecule has 1 aromatic carbocycles. The molecule has 1 rings (SSSR count). The van der Waals surface area contributed by atoms with Gasteiger partial charge in [0.2, 0.25) is 0 Å². The summed E-state index contributed by atoms with van der Waals surface area (Å²) in [5.41, 5.74) is -0.727. The standard InChI is InChI=1S/C7H4F3.HI.Zn/c8-7(9,10)6-4-2-1-3-5-6;;/h1-4H;1H;/q-1;;+2/p-1. The van der Waals surface area contributed by atoms with Crippen LogP contribution in [-0.2, 0) is 21.0 Å². The van der Waals surface area contributed by atoms with Gasteiger partial charge >= 0.3 is 40.7 Å². The molecule has 0 unspecified atom stereocenters. The van der Waals surface area contributed by atoms with Crippen LogP contribution in [0.3, 0.4) is 0 Å². The van der Waals surface area contributed by atoms with Gasteiger partial charge in [-0.25, -0.2) is 0 Å². The predicted octanol–water partition coefficient (Wildman–Crippen LogP) is 3.39. The van der Waals surface area contributed by atoms with E-state index in [0.29, 0.717) is 0 Å². The van der Waals surface area contributed by atoms with Gasteiger partial charge in [-0.2, -0.15) is 43.5 Å². The van der Waals surface area contributed by atoms with Crippen LogP contribution in [0.15, 0.2) is 24.3 Å². The Bertz CT molecular complexity index is 210. The zero-order chi connectivity index (χ0) is 9.61. The molecule has 12 heavy (non-hydrogen) atoms. The molecule has 0 aliphatic carbocycles. The first kappa shape index (κ1) is 12.4. The Morgan fingerprint density at radius 1 is 1.25 bits per heavy atom. The normalized spacial score (nSPS) is 10.2. The molecule has 0 amide bonds. The summed E-state index contributed by atoms with van der Waals surface area (Å²) in [5, 5.41) is 0. The summed E-state index contributed by atoms with van der Waals surface area (Å²) in [6.07, 6.45) is -4.26. The molecule has 0 saturated heterocycles. The van der Waals surface area contributed by atoms with Gasteiger partial charge in [0.25, 0.3) is 0 Å². The van der Waals surface area contributed by atoms with E-state index in [-0.39, 0.29) is 0 Å². The Balaban J connectivity index is 0.000000561. The minimum absolute atomic E-state index is 0.727. The van der Waals surface area contributed by atoms with Gasteiger partial charge in [-0.3, -0.25) is 0 Å². The predicted molar refractivity (Wildman–Crippen MR) is 44.3 cm³/mol. The molecule has 0 spiro atoms. The summed E-state index contributed by atoms with van der Waals surface area (Å²) in [6.45, 7) is 0. The molecule has 1 aromatic rings. The zero-order valence-corrected chi connectivity index (χ0v) is 11.2. The van der Waals surface area contributed by atoms with E-state index < -0.39 is 11.7 Å². The maximum absolute atomic E-state index is 11.8. The minimum atomic E-state index is -4.26. The molecule has 0 aliphatic rings. The van der Waals surface area contributed by atoms with E-state index in [1.807, 2.05) is 0 Å². The number of alkyl halides is 3. The number of benzene rings is 1. The topological polar surface area (TPSA) is 0 Å². The Hall–Kier alpha value is 0.363. The van der Waals surface area contributed by atoms with Gasteiger partial charge < -0.3 is 0 Å². The van der Waals surface area contributed by atoms with Crippen molar-refractivity contribution in [1.82, 2.24) is 0 Å². The van der Waals surface area contributed by atoms with Gasteiger partial charge in [0.15, 0.2) is 0 Å². The summed E-state index contributed by atoms with van der Waals surface area (Å²) in [4.78, 5) is 0. The Morgan fingerprint density at radius 2 is 1.83 bits per heavy atom. The second-order valence-electron chi connectivity index (χ2n) is 1.77. The Labute approximate surface area is 89.4 Å². The second kappa shape index (κ2) is 5.92. The van der Waals surface area contributed by atoms with E-state index in [1.165, 1.54) is 33.0 Å². The first-order valence-corrected chi connectivity index (χ1v) is 12.0. The Morgan fingerprint density at radius 3 is 2.08 bits per heavy atom. The van der Waals surface area contributed by atoms with E-state index in [0.717, 1.165) is 6.07 Å². The van der Waals surface area contributed by atoms with Crippen molar-refractivity contribution in [3.05, 3.63) is 35.9 Å². The SMILES string of the molecule is FC(F)(F)c1[c-]cccc1.[Zn+][I]. The molecular formula is C7H4F3IZn. The molecule has 0 heterocycles. The van der Waals surface area contributed by atoms with Crippen molar-refractivity contribution in [2.45, 2.75) is 6.18 Å². The van der Waals surface area contributed by atoms with Crippen LogP contribution < -0.4 is 0 Å². The number of halogens is 4. The quantitative estimate of drug-likeness (QED) is 0.387. The van der Waals surface area contributed by atoms with Crippen LogP contribution in [0.1, 0.15) is 5.56 Å². The molecule has 0 aromatic heterocycles. The van der Waals surface area contributed by atoms with Gasteiger partial charge in [-0.1, -0.05) is 5.56 Å². The van der Waals surface area contributed by atoms with Gasteiger partial charge in [0, 0.05) is 0 Å². The van der Waals surface area contributed by atoms with E-state index >= 15 is 0 Å². The second-order valence-corrected chi connectivity index (χ2v) is 1.77. The molecule has 0 bridgehead atoms. The van der Waals surface area contributed by atoms with Crippen molar-refractivity contribution < 1.29 is 28.0 Å². The molecule has 0 atom stereocenters. The summed E-state index contributed by atoms with van der Waals surface area (Å²) >= 11 is 3.62. The summed E-state index contributed by atoms with van der Waals surface area (Å²) in [5.74, 6) is 0. The van der Waals surface area contributed by atoms with Crippen molar-refractivity contribution in [3.63, 3.8) is 0 Å². The third kappa shape index (κ3) is 4.40. The number of rotatable bonds is 0. The molecule has 62 valence electrons. The van der Waals surface area contributed by atoms with Crippen LogP contribution in [-0.4, -0.2) is 0 Å². The average Bonchev–Trinajstić information content (AvgIpc) is 2.08. The van der Waals surface area contributed by atoms with Crippen LogP contribution >= 0.6 is 19.8 Å². The third-order valence-corrected chi connectivity index (χ3v) is 1.01. The molecule has 0 radical (unpaired) electrons. The van der Waals surface area contributed by atoms with Crippen LogP contribution in [0.5, 0.6) is 0 Å². The van der Waals surface area contributed by atoms with E-state index in [4.69, 9.17) is 0 Å². The van der Waals surface area contributed by atoms with Crippen LogP contribution in [0.25, 0.3) is 0 Å². The van der Waals surface area contributed by atoms with Gasteiger partial charge in [-0.05, 0) is 0 Å². The molecule has 0 N–H and O–H groups in total. The van der Waals surface area contributed by atoms with Crippen molar-refractivity contribution in [2.75, 3.05) is 0 Å². The maximum atomic E-state index is 11.8. The fraction of sp³-hybridized carbons (Fsp3) is 0.143. The molecule has 5 heteroatoms. The first-order chi connectivity index (χ1) is 5.61. The average molecular weight is 337 g/mol. The van der Waals surface area contributed by atoms with Crippen molar-refractivity contribution in [3.8, 4) is 0 Å². The van der Waals surface area contributed by atoms with Gasteiger partial charge in [0.05, 0.1) is 0 Å². The van der Waals surface area contributed by atoms with Crippen molar-refractivity contribution in [1.29, 1.82) is 0 Å². The van der Waals surface area contributed by atoms with Crippen LogP contribution in [0.4, 0.5) is 13.2 Å². The van der Waals surface area contributed by atoms with Crippen molar-refractivity contribution in [2.24, 2.45) is 0 Å². The fourth-order valence-corrected chi connectivity index (χ4v) is 0.570. The summed E-state index contributed by atoms with van der Waals surface area (Å²) in [6, 6.07) is 7.14. The van der Waals surface area contributed by atoms with E-state index in [2.05, 4.69) is 25.8 Å². The fourth-order valence-electron chi connectivity index (χ4n) is 0.570. The van der Waals surface area contributed by atoms with E-state index in [1.54, 1.807) is 0 Å². The molecule has 0 aliphatic heterocycles. The zero-order valence-electron chi connectivity index (χ0n) is 6.03. The molecular weight excluding hydrogens is 333 g/mol. The third-order valence-electron chi connectivity index (χ3n) is 1.01. The summed E-state index contributed by atoms with van der Waals surface area (Å²) in [7, 11) is 0. The molecule has 0 saturated carbocycles. The van der Waals surface area contributed by atoms with Gasteiger partial charge in [0.1, 0.15) is 0 Å². The number of hydrogen-bond acceptors (Lipinski definition) is 0.